The van der Waals surface area contributed by atoms with Gasteiger partial charge in [0.05, 0.1) is 23.0 Å². The first-order chi connectivity index (χ1) is 10.3. The van der Waals surface area contributed by atoms with Gasteiger partial charge in [0.25, 0.3) is 0 Å². The first-order valence-electron chi connectivity index (χ1n) is 7.49. The van der Waals surface area contributed by atoms with Crippen LogP contribution in [-0.2, 0) is 23.5 Å². The molecule has 1 aromatic carbocycles. The molecule has 0 saturated heterocycles. The summed E-state index contributed by atoms with van der Waals surface area (Å²) in [5.41, 5.74) is 2.36. The Hall–Kier alpha value is -1.60. The highest BCUT2D eigenvalue weighted by atomic mass is 32.2. The summed E-state index contributed by atoms with van der Waals surface area (Å²) in [6.45, 7) is 7.34. The second-order valence-electron chi connectivity index (χ2n) is 5.44. The third kappa shape index (κ3) is 3.98. The van der Waals surface area contributed by atoms with Gasteiger partial charge in [-0.2, -0.15) is 0 Å². The van der Waals surface area contributed by atoms with Crippen molar-refractivity contribution in [3.05, 3.63) is 24.0 Å². The van der Waals surface area contributed by atoms with E-state index in [-0.39, 0.29) is 0 Å². The number of likely N-dealkylation sites (N-methyl/N-ethyl adjacent to an activating group) is 1. The number of nitrogens with one attached hydrogen (secondary N) is 1. The quantitative estimate of drug-likeness (QED) is 0.844. The van der Waals surface area contributed by atoms with Crippen LogP contribution in [0.15, 0.2) is 18.2 Å². The highest BCUT2D eigenvalue weighted by Gasteiger charge is 2.11. The van der Waals surface area contributed by atoms with E-state index in [4.69, 9.17) is 0 Å². The maximum Gasteiger partial charge on any atom is 0.229 e. The van der Waals surface area contributed by atoms with E-state index in [9.17, 15) is 8.42 Å². The molecule has 0 spiro atoms. The summed E-state index contributed by atoms with van der Waals surface area (Å²) in [4.78, 5) is 7.00. The summed E-state index contributed by atoms with van der Waals surface area (Å²) in [5.74, 6) is 1.01. The molecular formula is C15H24N4O2S. The minimum atomic E-state index is -3.27. The average Bonchev–Trinajstić information content (AvgIpc) is 2.74. The predicted octanol–water partition coefficient (Wildman–Crippen LogP) is 1.83. The van der Waals surface area contributed by atoms with E-state index in [1.165, 1.54) is 0 Å². The summed E-state index contributed by atoms with van der Waals surface area (Å²) in [6, 6.07) is 5.44. The SMILES string of the molecule is CCN(CC)CCc1nc2cc(NS(C)(=O)=O)ccc2n1C. The Kier molecular flexibility index (Phi) is 5.08. The summed E-state index contributed by atoms with van der Waals surface area (Å²) < 4.78 is 27.2. The van der Waals surface area contributed by atoms with Crippen LogP contribution in [0.5, 0.6) is 0 Å². The Morgan fingerprint density at radius 1 is 1.27 bits per heavy atom. The number of benzene rings is 1. The van der Waals surface area contributed by atoms with E-state index in [0.29, 0.717) is 5.69 Å². The summed E-state index contributed by atoms with van der Waals surface area (Å²) in [5, 5.41) is 0. The lowest BCUT2D eigenvalue weighted by molar-refractivity contribution is 0.305. The van der Waals surface area contributed by atoms with Crippen molar-refractivity contribution in [1.82, 2.24) is 14.5 Å². The van der Waals surface area contributed by atoms with Gasteiger partial charge in [0.2, 0.25) is 10.0 Å². The summed E-state index contributed by atoms with van der Waals surface area (Å²) >= 11 is 0. The van der Waals surface area contributed by atoms with Crippen molar-refractivity contribution in [2.45, 2.75) is 20.3 Å². The van der Waals surface area contributed by atoms with Gasteiger partial charge in [-0.15, -0.1) is 0 Å². The number of aromatic nitrogens is 2. The van der Waals surface area contributed by atoms with Crippen LogP contribution in [0.3, 0.4) is 0 Å². The molecule has 2 aromatic rings. The average molecular weight is 324 g/mol. The molecule has 0 bridgehead atoms. The molecule has 0 atom stereocenters. The summed E-state index contributed by atoms with van der Waals surface area (Å²) in [7, 11) is -1.27. The monoisotopic (exact) mass is 324 g/mol. The highest BCUT2D eigenvalue weighted by Crippen LogP contribution is 2.20. The number of sulfonamides is 1. The van der Waals surface area contributed by atoms with E-state index in [1.54, 1.807) is 12.1 Å². The van der Waals surface area contributed by atoms with Gasteiger partial charge < -0.3 is 9.47 Å². The minimum absolute atomic E-state index is 0.545. The molecular weight excluding hydrogens is 300 g/mol. The zero-order valence-corrected chi connectivity index (χ0v) is 14.4. The Balaban J connectivity index is 2.25. The van der Waals surface area contributed by atoms with Crippen LogP contribution in [0.1, 0.15) is 19.7 Å². The molecule has 0 saturated carbocycles. The van der Waals surface area contributed by atoms with Crippen LogP contribution in [0, 0.1) is 0 Å². The third-order valence-electron chi connectivity index (χ3n) is 3.82. The molecule has 0 aliphatic carbocycles. The fourth-order valence-corrected chi connectivity index (χ4v) is 3.10. The van der Waals surface area contributed by atoms with Crippen LogP contribution < -0.4 is 4.72 Å². The molecule has 22 heavy (non-hydrogen) atoms. The molecule has 0 amide bonds. The normalized spacial score (nSPS) is 12.2. The van der Waals surface area contributed by atoms with E-state index in [2.05, 4.69) is 33.0 Å². The van der Waals surface area contributed by atoms with Crippen molar-refractivity contribution in [1.29, 1.82) is 0 Å². The molecule has 0 aliphatic heterocycles. The van der Waals surface area contributed by atoms with Crippen LogP contribution >= 0.6 is 0 Å². The first-order valence-corrected chi connectivity index (χ1v) is 9.38. The number of imidazole rings is 1. The molecule has 6 nitrogen and oxygen atoms in total. The van der Waals surface area contributed by atoms with Gasteiger partial charge >= 0.3 is 0 Å². The first kappa shape index (κ1) is 16.8. The second-order valence-corrected chi connectivity index (χ2v) is 7.19. The molecule has 0 fully saturated rings. The number of hydrogen-bond acceptors (Lipinski definition) is 4. The van der Waals surface area contributed by atoms with Crippen LogP contribution in [0.2, 0.25) is 0 Å². The molecule has 0 aliphatic rings. The number of fused-ring (bicyclic) bond motifs is 1. The van der Waals surface area contributed by atoms with Gasteiger partial charge in [-0.25, -0.2) is 13.4 Å². The Labute approximate surface area is 132 Å². The Morgan fingerprint density at radius 3 is 2.55 bits per heavy atom. The topological polar surface area (TPSA) is 67.2 Å². The van der Waals surface area contributed by atoms with Gasteiger partial charge in [0.1, 0.15) is 5.82 Å². The summed E-state index contributed by atoms with van der Waals surface area (Å²) in [6.07, 6.45) is 2.02. The molecule has 1 N–H and O–H groups in total. The molecule has 0 unspecified atom stereocenters. The third-order valence-corrected chi connectivity index (χ3v) is 4.43. The Morgan fingerprint density at radius 2 is 1.95 bits per heavy atom. The van der Waals surface area contributed by atoms with Crippen molar-refractivity contribution < 1.29 is 8.42 Å². The lowest BCUT2D eigenvalue weighted by Gasteiger charge is -2.17. The van der Waals surface area contributed by atoms with Crippen LogP contribution in [-0.4, -0.2) is 48.8 Å². The van der Waals surface area contributed by atoms with Gasteiger partial charge in [0.15, 0.2) is 0 Å². The van der Waals surface area contributed by atoms with Crippen LogP contribution in [0.25, 0.3) is 11.0 Å². The van der Waals surface area contributed by atoms with Gasteiger partial charge in [-0.3, -0.25) is 4.72 Å². The molecule has 0 radical (unpaired) electrons. The van der Waals surface area contributed by atoms with Crippen molar-refractivity contribution >= 4 is 26.7 Å². The number of nitrogens with zero attached hydrogens (tertiary/aromatic N) is 3. The van der Waals surface area contributed by atoms with E-state index in [0.717, 1.165) is 49.2 Å². The van der Waals surface area contributed by atoms with Gasteiger partial charge in [-0.1, -0.05) is 13.8 Å². The van der Waals surface area contributed by atoms with E-state index in [1.807, 2.05) is 13.1 Å². The lowest BCUT2D eigenvalue weighted by atomic mass is 10.3. The van der Waals surface area contributed by atoms with E-state index >= 15 is 0 Å². The van der Waals surface area contributed by atoms with Crippen molar-refractivity contribution in [2.75, 3.05) is 30.6 Å². The van der Waals surface area contributed by atoms with Gasteiger partial charge in [-0.05, 0) is 31.3 Å². The number of aryl methyl sites for hydroxylation is 1. The largest absolute Gasteiger partial charge is 0.331 e. The van der Waals surface area contributed by atoms with Gasteiger partial charge in [0, 0.05) is 20.0 Å². The number of hydrogen-bond donors (Lipinski definition) is 1. The number of anilines is 1. The maximum atomic E-state index is 11.3. The molecule has 7 heteroatoms. The van der Waals surface area contributed by atoms with Crippen molar-refractivity contribution in [2.24, 2.45) is 7.05 Å². The standard InChI is InChI=1S/C15H24N4O2S/c1-5-19(6-2)10-9-15-16-13-11-12(17-22(4,20)21)7-8-14(13)18(15)3/h7-8,11,17H,5-6,9-10H2,1-4H3. The smallest absolute Gasteiger partial charge is 0.229 e. The fraction of sp³-hybridized carbons (Fsp3) is 0.533. The Bertz CT molecular complexity index is 748. The fourth-order valence-electron chi connectivity index (χ4n) is 2.55. The minimum Gasteiger partial charge on any atom is -0.331 e. The molecule has 122 valence electrons. The zero-order valence-electron chi connectivity index (χ0n) is 13.6. The molecule has 2 rings (SSSR count). The van der Waals surface area contributed by atoms with E-state index < -0.39 is 10.0 Å². The molecule has 1 aromatic heterocycles. The lowest BCUT2D eigenvalue weighted by Crippen LogP contribution is -2.26. The van der Waals surface area contributed by atoms with Crippen molar-refractivity contribution in [3.8, 4) is 0 Å². The zero-order chi connectivity index (χ0) is 16.3. The molecule has 1 heterocycles. The van der Waals surface area contributed by atoms with Crippen molar-refractivity contribution in [3.63, 3.8) is 0 Å². The highest BCUT2D eigenvalue weighted by molar-refractivity contribution is 7.92. The number of rotatable bonds is 7. The second kappa shape index (κ2) is 6.66. The maximum absolute atomic E-state index is 11.3. The van der Waals surface area contributed by atoms with Crippen LogP contribution in [0.4, 0.5) is 5.69 Å². The predicted molar refractivity (Wildman–Crippen MR) is 90.7 cm³/mol.